The van der Waals surface area contributed by atoms with Crippen LogP contribution in [0.25, 0.3) is 0 Å². The van der Waals surface area contributed by atoms with E-state index >= 15 is 0 Å². The van der Waals surface area contributed by atoms with Gasteiger partial charge in [-0.05, 0) is 37.5 Å². The molecule has 3 rings (SSSR count). The number of rotatable bonds is 7. The number of benzene rings is 1. The van der Waals surface area contributed by atoms with Gasteiger partial charge in [-0.2, -0.15) is 0 Å². The molecular formula is C20H25Cl2N3O5S. The molecule has 1 atom stereocenters. The van der Waals surface area contributed by atoms with Crippen LogP contribution in [-0.2, 0) is 19.4 Å². The molecule has 2 fully saturated rings. The number of halogens is 2. The second-order valence-corrected chi connectivity index (χ2v) is 11.1. The van der Waals surface area contributed by atoms with Crippen LogP contribution in [0.2, 0.25) is 10.0 Å². The monoisotopic (exact) mass is 489 g/mol. The fourth-order valence-electron chi connectivity index (χ4n) is 3.46. The summed E-state index contributed by atoms with van der Waals surface area (Å²) in [7, 11) is -3.34. The zero-order valence-corrected chi connectivity index (χ0v) is 19.5. The van der Waals surface area contributed by atoms with E-state index in [0.29, 0.717) is 31.2 Å². The molecule has 1 aromatic rings. The van der Waals surface area contributed by atoms with Gasteiger partial charge in [0, 0.05) is 43.4 Å². The van der Waals surface area contributed by atoms with Crippen molar-refractivity contribution in [3.8, 4) is 0 Å². The standard InChI is InChI=1S/C20H25Cl2N3O5S/c1-31(29,30)11-6-17(23-18(26)15-5-4-14(21)12-16(15)22)20(28)25-9-7-24(8-10-25)19(27)13-2-3-13/h4-5,12-13,17H,2-3,6-11H2,1H3,(H,23,26)/t17-/m0/s1. The van der Waals surface area contributed by atoms with Gasteiger partial charge >= 0.3 is 0 Å². The molecule has 1 saturated heterocycles. The first kappa shape index (κ1) is 23.8. The first-order chi connectivity index (χ1) is 14.5. The first-order valence-corrected chi connectivity index (χ1v) is 12.9. The molecule has 8 nitrogen and oxygen atoms in total. The van der Waals surface area contributed by atoms with E-state index in [1.165, 1.54) is 18.2 Å². The van der Waals surface area contributed by atoms with Crippen LogP contribution >= 0.6 is 23.2 Å². The fraction of sp³-hybridized carbons (Fsp3) is 0.550. The highest BCUT2D eigenvalue weighted by atomic mass is 35.5. The van der Waals surface area contributed by atoms with Gasteiger partial charge in [0.1, 0.15) is 15.9 Å². The highest BCUT2D eigenvalue weighted by molar-refractivity contribution is 7.90. The molecule has 1 aromatic carbocycles. The third-order valence-electron chi connectivity index (χ3n) is 5.39. The topological polar surface area (TPSA) is 104 Å². The Morgan fingerprint density at radius 2 is 1.71 bits per heavy atom. The number of sulfone groups is 1. The highest BCUT2D eigenvalue weighted by Crippen LogP contribution is 2.31. The summed E-state index contributed by atoms with van der Waals surface area (Å²) in [5, 5.41) is 3.12. The molecule has 1 aliphatic heterocycles. The second kappa shape index (κ2) is 9.75. The lowest BCUT2D eigenvalue weighted by molar-refractivity contribution is -0.141. The summed E-state index contributed by atoms with van der Waals surface area (Å²) in [6, 6.07) is 3.34. The fourth-order valence-corrected chi connectivity index (χ4v) is 4.61. The summed E-state index contributed by atoms with van der Waals surface area (Å²) in [5.41, 5.74) is 0.142. The van der Waals surface area contributed by atoms with Gasteiger partial charge in [0.15, 0.2) is 0 Å². The molecule has 1 heterocycles. The summed E-state index contributed by atoms with van der Waals surface area (Å²) in [6.07, 6.45) is 2.86. The molecule has 170 valence electrons. The number of carbonyl (C=O) groups excluding carboxylic acids is 3. The molecule has 11 heteroatoms. The van der Waals surface area contributed by atoms with Crippen molar-refractivity contribution in [1.82, 2.24) is 15.1 Å². The number of hydrogen-bond acceptors (Lipinski definition) is 5. The maximum Gasteiger partial charge on any atom is 0.253 e. The zero-order chi connectivity index (χ0) is 22.8. The van der Waals surface area contributed by atoms with Crippen LogP contribution in [0.5, 0.6) is 0 Å². The van der Waals surface area contributed by atoms with Gasteiger partial charge in [0.05, 0.1) is 16.3 Å². The number of carbonyl (C=O) groups is 3. The maximum atomic E-state index is 13.1. The van der Waals surface area contributed by atoms with Crippen molar-refractivity contribution in [3.63, 3.8) is 0 Å². The predicted molar refractivity (Wildman–Crippen MR) is 118 cm³/mol. The minimum Gasteiger partial charge on any atom is -0.340 e. The van der Waals surface area contributed by atoms with Crippen molar-refractivity contribution < 1.29 is 22.8 Å². The largest absolute Gasteiger partial charge is 0.340 e. The van der Waals surface area contributed by atoms with Crippen molar-refractivity contribution in [2.45, 2.75) is 25.3 Å². The molecule has 0 radical (unpaired) electrons. The average Bonchev–Trinajstić information content (AvgIpc) is 3.54. The van der Waals surface area contributed by atoms with Crippen LogP contribution in [0.3, 0.4) is 0 Å². The summed E-state index contributed by atoms with van der Waals surface area (Å²) in [6.45, 7) is 1.53. The molecule has 0 bridgehead atoms. The summed E-state index contributed by atoms with van der Waals surface area (Å²) in [4.78, 5) is 41.4. The lowest BCUT2D eigenvalue weighted by atomic mass is 10.1. The van der Waals surface area contributed by atoms with Gasteiger partial charge in [-0.25, -0.2) is 8.42 Å². The molecule has 0 spiro atoms. The number of amides is 3. The number of nitrogens with zero attached hydrogens (tertiary/aromatic N) is 2. The Hall–Kier alpha value is -1.84. The van der Waals surface area contributed by atoms with Crippen LogP contribution in [0.15, 0.2) is 18.2 Å². The Bertz CT molecular complexity index is 973. The molecule has 0 aromatic heterocycles. The van der Waals surface area contributed by atoms with Crippen molar-refractivity contribution in [3.05, 3.63) is 33.8 Å². The Morgan fingerprint density at radius 1 is 1.10 bits per heavy atom. The SMILES string of the molecule is CS(=O)(=O)CC[C@H](NC(=O)c1ccc(Cl)cc1Cl)C(=O)N1CCN(C(=O)C2CC2)CC1. The summed E-state index contributed by atoms with van der Waals surface area (Å²) < 4.78 is 23.3. The Balaban J connectivity index is 1.68. The van der Waals surface area contributed by atoms with Gasteiger partial charge in [-0.3, -0.25) is 14.4 Å². The minimum atomic E-state index is -3.34. The molecule has 3 amide bonds. The molecule has 1 saturated carbocycles. The van der Waals surface area contributed by atoms with Gasteiger partial charge < -0.3 is 15.1 Å². The molecule has 1 aliphatic carbocycles. The van der Waals surface area contributed by atoms with E-state index in [9.17, 15) is 22.8 Å². The van der Waals surface area contributed by atoms with Gasteiger partial charge in [-0.1, -0.05) is 23.2 Å². The molecule has 2 aliphatic rings. The highest BCUT2D eigenvalue weighted by Gasteiger charge is 2.36. The van der Waals surface area contributed by atoms with Crippen LogP contribution in [0.1, 0.15) is 29.6 Å². The number of piperazine rings is 1. The van der Waals surface area contributed by atoms with Gasteiger partial charge in [0.2, 0.25) is 11.8 Å². The lowest BCUT2D eigenvalue weighted by Gasteiger charge is -2.36. The zero-order valence-electron chi connectivity index (χ0n) is 17.1. The van der Waals surface area contributed by atoms with Gasteiger partial charge in [-0.15, -0.1) is 0 Å². The second-order valence-electron chi connectivity index (χ2n) is 7.99. The maximum absolute atomic E-state index is 13.1. The van der Waals surface area contributed by atoms with Crippen LogP contribution < -0.4 is 5.32 Å². The number of hydrogen-bond donors (Lipinski definition) is 1. The molecule has 0 unspecified atom stereocenters. The van der Waals surface area contributed by atoms with E-state index in [1.54, 1.807) is 9.80 Å². The lowest BCUT2D eigenvalue weighted by Crippen LogP contribution is -2.56. The Labute approximate surface area is 191 Å². The Morgan fingerprint density at radius 3 is 2.26 bits per heavy atom. The summed E-state index contributed by atoms with van der Waals surface area (Å²) >= 11 is 12.0. The van der Waals surface area contributed by atoms with Crippen molar-refractivity contribution in [1.29, 1.82) is 0 Å². The average molecular weight is 490 g/mol. The predicted octanol–water partition coefficient (Wildman–Crippen LogP) is 1.61. The van der Waals surface area contributed by atoms with E-state index < -0.39 is 21.8 Å². The molecular weight excluding hydrogens is 465 g/mol. The van der Waals surface area contributed by atoms with E-state index in [-0.39, 0.29) is 40.5 Å². The normalized spacial score (nSPS) is 17.9. The van der Waals surface area contributed by atoms with Crippen LogP contribution in [0, 0.1) is 5.92 Å². The van der Waals surface area contributed by atoms with E-state index in [1.807, 2.05) is 0 Å². The van der Waals surface area contributed by atoms with E-state index in [4.69, 9.17) is 23.2 Å². The van der Waals surface area contributed by atoms with Crippen molar-refractivity contribution in [2.24, 2.45) is 5.92 Å². The summed E-state index contributed by atoms with van der Waals surface area (Å²) in [5.74, 6) is -0.964. The third kappa shape index (κ3) is 6.57. The quantitative estimate of drug-likeness (QED) is 0.626. The third-order valence-corrected chi connectivity index (χ3v) is 6.91. The smallest absolute Gasteiger partial charge is 0.253 e. The van der Waals surface area contributed by atoms with Crippen LogP contribution in [-0.4, -0.2) is 80.2 Å². The Kier molecular flexibility index (Phi) is 7.49. The molecule has 1 N–H and O–H groups in total. The van der Waals surface area contributed by atoms with E-state index in [2.05, 4.69) is 5.32 Å². The first-order valence-electron chi connectivity index (χ1n) is 10.1. The van der Waals surface area contributed by atoms with Crippen LogP contribution in [0.4, 0.5) is 0 Å². The number of nitrogens with one attached hydrogen (secondary N) is 1. The van der Waals surface area contributed by atoms with Crippen molar-refractivity contribution in [2.75, 3.05) is 38.2 Å². The minimum absolute atomic E-state index is 0.0597. The van der Waals surface area contributed by atoms with Gasteiger partial charge in [0.25, 0.3) is 5.91 Å². The van der Waals surface area contributed by atoms with Crippen molar-refractivity contribution >= 4 is 50.8 Å². The van der Waals surface area contributed by atoms with E-state index in [0.717, 1.165) is 19.1 Å². The molecule has 31 heavy (non-hydrogen) atoms.